The highest BCUT2D eigenvalue weighted by atomic mass is 14.0. The monoisotopic (exact) mass is 252 g/mol. The van der Waals surface area contributed by atoms with Gasteiger partial charge < -0.3 is 0 Å². The van der Waals surface area contributed by atoms with Crippen LogP contribution in [0.3, 0.4) is 0 Å². The molecule has 0 nitrogen and oxygen atoms in total. The molecule has 0 aliphatic rings. The lowest BCUT2D eigenvalue weighted by atomic mass is 10.0. The molecule has 0 bridgehead atoms. The zero-order chi connectivity index (χ0) is 14.4. The maximum atomic E-state index is 2.34. The first kappa shape index (κ1) is 19.8. The van der Waals surface area contributed by atoms with Gasteiger partial charge in [-0.2, -0.15) is 0 Å². The van der Waals surface area contributed by atoms with Crippen LogP contribution in [0.4, 0.5) is 0 Å². The highest BCUT2D eigenvalue weighted by Crippen LogP contribution is 2.08. The van der Waals surface area contributed by atoms with Gasteiger partial charge in [0.15, 0.2) is 0 Å². The summed E-state index contributed by atoms with van der Waals surface area (Å²) in [5.74, 6) is 1.55. The Morgan fingerprint density at radius 2 is 1.44 bits per heavy atom. The maximum Gasteiger partial charge on any atom is -0.0263 e. The van der Waals surface area contributed by atoms with Crippen LogP contribution in [-0.2, 0) is 0 Å². The van der Waals surface area contributed by atoms with Crippen molar-refractivity contribution in [3.63, 3.8) is 0 Å². The molecule has 0 saturated heterocycles. The Balaban J connectivity index is 0. The second kappa shape index (κ2) is 14.5. The standard InChI is InChI=1S/2C9H18/c1-5-6-7-9(4)8(2)3;1-4-5-6-7-8-9(2)3/h7-8H,5-6H2,1-4H3;6-7,9H,4-5,8H2,1-3H3. The molecule has 0 rings (SSSR count). The molecule has 0 aliphatic heterocycles. The number of allylic oxidation sites excluding steroid dienone is 4. The van der Waals surface area contributed by atoms with Gasteiger partial charge in [-0.25, -0.2) is 0 Å². The molecule has 0 atom stereocenters. The summed E-state index contributed by atoms with van der Waals surface area (Å²) >= 11 is 0. The lowest BCUT2D eigenvalue weighted by Gasteiger charge is -2.02. The van der Waals surface area contributed by atoms with E-state index in [1.807, 2.05) is 0 Å². The average molecular weight is 252 g/mol. The summed E-state index contributed by atoms with van der Waals surface area (Å²) in [7, 11) is 0. The second-order valence-corrected chi connectivity index (χ2v) is 5.78. The van der Waals surface area contributed by atoms with Gasteiger partial charge in [0.1, 0.15) is 0 Å². The van der Waals surface area contributed by atoms with E-state index in [4.69, 9.17) is 0 Å². The number of unbranched alkanes of at least 4 members (excludes halogenated alkanes) is 2. The minimum absolute atomic E-state index is 0.733. The van der Waals surface area contributed by atoms with E-state index in [1.54, 1.807) is 0 Å². The Hall–Kier alpha value is -0.520. The molecule has 0 radical (unpaired) electrons. The molecule has 0 amide bonds. The molecule has 0 saturated carbocycles. The predicted molar refractivity (Wildman–Crippen MR) is 87.0 cm³/mol. The van der Waals surface area contributed by atoms with Gasteiger partial charge in [0.2, 0.25) is 0 Å². The molecule has 0 fully saturated rings. The summed E-state index contributed by atoms with van der Waals surface area (Å²) in [5.41, 5.74) is 1.52. The molecule has 0 heteroatoms. The van der Waals surface area contributed by atoms with Crippen molar-refractivity contribution in [3.8, 4) is 0 Å². The van der Waals surface area contributed by atoms with Crippen LogP contribution < -0.4 is 0 Å². The Bertz CT molecular complexity index is 206. The van der Waals surface area contributed by atoms with Crippen LogP contribution in [-0.4, -0.2) is 0 Å². The van der Waals surface area contributed by atoms with Crippen molar-refractivity contribution < 1.29 is 0 Å². The van der Waals surface area contributed by atoms with Crippen LogP contribution >= 0.6 is 0 Å². The zero-order valence-corrected chi connectivity index (χ0v) is 13.9. The van der Waals surface area contributed by atoms with Crippen LogP contribution in [0.5, 0.6) is 0 Å². The van der Waals surface area contributed by atoms with Gasteiger partial charge in [-0.1, -0.05) is 78.2 Å². The second-order valence-electron chi connectivity index (χ2n) is 5.78. The summed E-state index contributed by atoms with van der Waals surface area (Å²) in [6.45, 7) is 15.6. The fourth-order valence-electron chi connectivity index (χ4n) is 1.26. The minimum atomic E-state index is 0.733. The summed E-state index contributed by atoms with van der Waals surface area (Å²) in [4.78, 5) is 0. The fourth-order valence-corrected chi connectivity index (χ4v) is 1.26. The van der Waals surface area contributed by atoms with Gasteiger partial charge in [-0.3, -0.25) is 0 Å². The largest absolute Gasteiger partial charge is 0.0885 e. The Morgan fingerprint density at radius 3 is 1.83 bits per heavy atom. The summed E-state index contributed by atoms with van der Waals surface area (Å²) in [5, 5.41) is 0. The SMILES string of the molecule is CCCC=C(C)C(C)C.CCCC=CCC(C)C. The third-order valence-corrected chi connectivity index (χ3v) is 2.90. The molecule has 18 heavy (non-hydrogen) atoms. The first-order chi connectivity index (χ1) is 8.45. The number of hydrogen-bond acceptors (Lipinski definition) is 0. The Labute approximate surface area is 117 Å². The van der Waals surface area contributed by atoms with E-state index < -0.39 is 0 Å². The van der Waals surface area contributed by atoms with E-state index >= 15 is 0 Å². The van der Waals surface area contributed by atoms with Gasteiger partial charge in [0.05, 0.1) is 0 Å². The number of rotatable bonds is 7. The van der Waals surface area contributed by atoms with Crippen LogP contribution in [0, 0.1) is 11.8 Å². The van der Waals surface area contributed by atoms with Crippen molar-refractivity contribution in [3.05, 3.63) is 23.8 Å². The van der Waals surface area contributed by atoms with Gasteiger partial charge in [0.25, 0.3) is 0 Å². The molecule has 0 aromatic carbocycles. The molecular formula is C18H36. The van der Waals surface area contributed by atoms with Crippen molar-refractivity contribution in [2.45, 2.75) is 80.6 Å². The third-order valence-electron chi connectivity index (χ3n) is 2.90. The molecule has 0 spiro atoms. The topological polar surface area (TPSA) is 0 Å². The van der Waals surface area contributed by atoms with E-state index in [1.165, 1.54) is 37.7 Å². The van der Waals surface area contributed by atoms with E-state index in [-0.39, 0.29) is 0 Å². The molecule has 108 valence electrons. The third kappa shape index (κ3) is 17.9. The highest BCUT2D eigenvalue weighted by molar-refractivity contribution is 5.00. The van der Waals surface area contributed by atoms with Gasteiger partial charge >= 0.3 is 0 Å². The van der Waals surface area contributed by atoms with E-state index in [9.17, 15) is 0 Å². The van der Waals surface area contributed by atoms with Crippen molar-refractivity contribution in [2.75, 3.05) is 0 Å². The molecule has 0 aromatic heterocycles. The van der Waals surface area contributed by atoms with Crippen LogP contribution in [0.1, 0.15) is 80.6 Å². The quantitative estimate of drug-likeness (QED) is 0.438. The van der Waals surface area contributed by atoms with Crippen molar-refractivity contribution in [2.24, 2.45) is 11.8 Å². The molecule has 0 unspecified atom stereocenters. The van der Waals surface area contributed by atoms with Gasteiger partial charge in [0, 0.05) is 0 Å². The van der Waals surface area contributed by atoms with E-state index in [0.717, 1.165) is 11.8 Å². The zero-order valence-electron chi connectivity index (χ0n) is 13.9. The molecule has 0 heterocycles. The van der Waals surface area contributed by atoms with Gasteiger partial charge in [-0.05, 0) is 38.0 Å². The van der Waals surface area contributed by atoms with Crippen LogP contribution in [0.2, 0.25) is 0 Å². The highest BCUT2D eigenvalue weighted by Gasteiger charge is 1.92. The molecular weight excluding hydrogens is 216 g/mol. The fraction of sp³-hybridized carbons (Fsp3) is 0.778. The van der Waals surface area contributed by atoms with Gasteiger partial charge in [-0.15, -0.1) is 0 Å². The smallest absolute Gasteiger partial charge is 0.0263 e. The van der Waals surface area contributed by atoms with E-state index in [2.05, 4.69) is 66.7 Å². The van der Waals surface area contributed by atoms with Crippen LogP contribution in [0.25, 0.3) is 0 Å². The van der Waals surface area contributed by atoms with Crippen molar-refractivity contribution >= 4 is 0 Å². The molecule has 0 N–H and O–H groups in total. The average Bonchev–Trinajstić information content (AvgIpc) is 2.32. The minimum Gasteiger partial charge on any atom is -0.0885 e. The summed E-state index contributed by atoms with van der Waals surface area (Å²) in [6.07, 6.45) is 13.2. The van der Waals surface area contributed by atoms with Crippen LogP contribution in [0.15, 0.2) is 23.8 Å². The summed E-state index contributed by atoms with van der Waals surface area (Å²) < 4.78 is 0. The Kier molecular flexibility index (Phi) is 16.0. The van der Waals surface area contributed by atoms with Crippen molar-refractivity contribution in [1.29, 1.82) is 0 Å². The lowest BCUT2D eigenvalue weighted by Crippen LogP contribution is -1.87. The summed E-state index contributed by atoms with van der Waals surface area (Å²) in [6, 6.07) is 0. The lowest BCUT2D eigenvalue weighted by molar-refractivity contribution is 0.662. The first-order valence-corrected chi connectivity index (χ1v) is 7.77. The first-order valence-electron chi connectivity index (χ1n) is 7.77. The van der Waals surface area contributed by atoms with Crippen molar-refractivity contribution in [1.82, 2.24) is 0 Å². The molecule has 0 aliphatic carbocycles. The normalized spacial score (nSPS) is 12.2. The Morgan fingerprint density at radius 1 is 0.889 bits per heavy atom. The van der Waals surface area contributed by atoms with E-state index in [0.29, 0.717) is 0 Å². The maximum absolute atomic E-state index is 2.34. The predicted octanol–water partition coefficient (Wildman–Crippen LogP) is 6.78. The molecule has 0 aromatic rings. The number of hydrogen-bond donors (Lipinski definition) is 0.